The molecule has 146 valence electrons. The summed E-state index contributed by atoms with van der Waals surface area (Å²) in [5, 5.41) is 7.00. The Bertz CT molecular complexity index is 577. The number of nitrogens with one attached hydrogen (secondary N) is 2. The molecule has 0 amide bonds. The molecule has 1 aromatic carbocycles. The minimum absolute atomic E-state index is 0.516. The topological polar surface area (TPSA) is 48.9 Å². The predicted molar refractivity (Wildman–Crippen MR) is 110 cm³/mol. The van der Waals surface area contributed by atoms with Crippen molar-refractivity contribution in [3.05, 3.63) is 29.3 Å². The van der Waals surface area contributed by atoms with Gasteiger partial charge in [0.2, 0.25) is 0 Å². The number of nitrogens with zero attached hydrogens (tertiary/aromatic N) is 2. The van der Waals surface area contributed by atoms with Gasteiger partial charge in [-0.3, -0.25) is 4.99 Å². The van der Waals surface area contributed by atoms with Gasteiger partial charge in [0, 0.05) is 38.3 Å². The molecule has 1 aliphatic heterocycles. The van der Waals surface area contributed by atoms with Crippen molar-refractivity contribution in [2.45, 2.75) is 59.0 Å². The second-order valence-electron chi connectivity index (χ2n) is 7.36. The van der Waals surface area contributed by atoms with Crippen molar-refractivity contribution < 1.29 is 4.74 Å². The summed E-state index contributed by atoms with van der Waals surface area (Å²) in [4.78, 5) is 7.32. The third-order valence-electron chi connectivity index (χ3n) is 5.09. The van der Waals surface area contributed by atoms with Crippen molar-refractivity contribution in [3.8, 4) is 5.75 Å². The van der Waals surface area contributed by atoms with Gasteiger partial charge >= 0.3 is 0 Å². The van der Waals surface area contributed by atoms with E-state index in [-0.39, 0.29) is 0 Å². The average molecular weight is 361 g/mol. The maximum absolute atomic E-state index is 5.41. The van der Waals surface area contributed by atoms with Crippen molar-refractivity contribution in [1.29, 1.82) is 0 Å². The SMILES string of the molecule is CCNC(=NCCc1ccc(C)c(OC)c1)NC1CCN(C(C)C)CC1. The Labute approximate surface area is 159 Å². The highest BCUT2D eigenvalue weighted by Crippen LogP contribution is 2.19. The zero-order valence-corrected chi connectivity index (χ0v) is 17.1. The molecule has 26 heavy (non-hydrogen) atoms. The Kier molecular flexibility index (Phi) is 8.23. The smallest absolute Gasteiger partial charge is 0.191 e. The van der Waals surface area contributed by atoms with Crippen LogP contribution in [0, 0.1) is 6.92 Å². The fraction of sp³-hybridized carbons (Fsp3) is 0.667. The fourth-order valence-corrected chi connectivity index (χ4v) is 3.39. The molecule has 5 heteroatoms. The van der Waals surface area contributed by atoms with Crippen LogP contribution in [-0.4, -0.2) is 56.2 Å². The number of rotatable bonds is 7. The highest BCUT2D eigenvalue weighted by molar-refractivity contribution is 5.80. The van der Waals surface area contributed by atoms with E-state index < -0.39 is 0 Å². The van der Waals surface area contributed by atoms with Gasteiger partial charge in [-0.15, -0.1) is 0 Å². The number of ether oxygens (including phenoxy) is 1. The number of aliphatic imine (C=N–C) groups is 1. The van der Waals surface area contributed by atoms with E-state index in [2.05, 4.69) is 61.4 Å². The molecule has 5 nitrogen and oxygen atoms in total. The minimum Gasteiger partial charge on any atom is -0.496 e. The molecule has 1 aromatic rings. The molecule has 1 fully saturated rings. The third-order valence-corrected chi connectivity index (χ3v) is 5.09. The Balaban J connectivity index is 1.86. The second-order valence-corrected chi connectivity index (χ2v) is 7.36. The van der Waals surface area contributed by atoms with Crippen LogP contribution in [0.4, 0.5) is 0 Å². The van der Waals surface area contributed by atoms with Crippen LogP contribution in [-0.2, 0) is 6.42 Å². The molecule has 2 N–H and O–H groups in total. The van der Waals surface area contributed by atoms with Crippen LogP contribution in [0.2, 0.25) is 0 Å². The summed E-state index contributed by atoms with van der Waals surface area (Å²) in [6, 6.07) is 7.55. The van der Waals surface area contributed by atoms with Crippen LogP contribution in [0.25, 0.3) is 0 Å². The number of hydrogen-bond acceptors (Lipinski definition) is 3. The second kappa shape index (κ2) is 10.4. The molecule has 2 rings (SSSR count). The molecule has 0 saturated carbocycles. The third kappa shape index (κ3) is 6.20. The number of likely N-dealkylation sites (tertiary alicyclic amines) is 1. The first-order valence-corrected chi connectivity index (χ1v) is 9.95. The zero-order chi connectivity index (χ0) is 18.9. The molecule has 1 aliphatic rings. The van der Waals surface area contributed by atoms with E-state index in [0.29, 0.717) is 12.1 Å². The summed E-state index contributed by atoms with van der Waals surface area (Å²) in [6.45, 7) is 12.7. The monoisotopic (exact) mass is 360 g/mol. The summed E-state index contributed by atoms with van der Waals surface area (Å²) in [7, 11) is 1.72. The first-order valence-electron chi connectivity index (χ1n) is 9.95. The van der Waals surface area contributed by atoms with E-state index >= 15 is 0 Å². The van der Waals surface area contributed by atoms with Crippen LogP contribution in [0.1, 0.15) is 44.7 Å². The molecule has 1 saturated heterocycles. The van der Waals surface area contributed by atoms with Crippen molar-refractivity contribution in [2.75, 3.05) is 33.3 Å². The molecule has 0 aromatic heterocycles. The molecule has 0 bridgehead atoms. The number of piperidine rings is 1. The van der Waals surface area contributed by atoms with E-state index in [1.54, 1.807) is 7.11 Å². The van der Waals surface area contributed by atoms with Gasteiger partial charge in [0.15, 0.2) is 5.96 Å². The van der Waals surface area contributed by atoms with Crippen molar-refractivity contribution >= 4 is 5.96 Å². The highest BCUT2D eigenvalue weighted by Gasteiger charge is 2.21. The van der Waals surface area contributed by atoms with Gasteiger partial charge in [0.1, 0.15) is 5.75 Å². The van der Waals surface area contributed by atoms with Gasteiger partial charge in [-0.1, -0.05) is 12.1 Å². The normalized spacial score (nSPS) is 16.8. The average Bonchev–Trinajstić information content (AvgIpc) is 2.63. The van der Waals surface area contributed by atoms with Gasteiger partial charge < -0.3 is 20.3 Å². The van der Waals surface area contributed by atoms with E-state index in [4.69, 9.17) is 9.73 Å². The summed E-state index contributed by atoms with van der Waals surface area (Å²) in [5.41, 5.74) is 2.43. The standard InChI is InChI=1S/C21H36N4O/c1-6-22-21(24-19-10-13-25(14-11-19)16(2)3)23-12-9-18-8-7-17(4)20(15-18)26-5/h7-8,15-16,19H,6,9-14H2,1-5H3,(H2,22,23,24). The zero-order valence-electron chi connectivity index (χ0n) is 17.1. The number of guanidine groups is 1. The van der Waals surface area contributed by atoms with Crippen molar-refractivity contribution in [2.24, 2.45) is 4.99 Å². The molecule has 0 aliphatic carbocycles. The fourth-order valence-electron chi connectivity index (χ4n) is 3.39. The summed E-state index contributed by atoms with van der Waals surface area (Å²) >= 11 is 0. The lowest BCUT2D eigenvalue weighted by atomic mass is 10.0. The van der Waals surface area contributed by atoms with Gasteiger partial charge in [0.25, 0.3) is 0 Å². The Morgan fingerprint density at radius 1 is 1.31 bits per heavy atom. The summed E-state index contributed by atoms with van der Waals surface area (Å²) < 4.78 is 5.41. The Hall–Kier alpha value is -1.75. The van der Waals surface area contributed by atoms with Crippen LogP contribution in [0.15, 0.2) is 23.2 Å². The largest absolute Gasteiger partial charge is 0.496 e. The van der Waals surface area contributed by atoms with Crippen LogP contribution >= 0.6 is 0 Å². The molecular weight excluding hydrogens is 324 g/mol. The van der Waals surface area contributed by atoms with E-state index in [1.165, 1.54) is 24.0 Å². The lowest BCUT2D eigenvalue weighted by Crippen LogP contribution is -2.49. The van der Waals surface area contributed by atoms with Crippen molar-refractivity contribution in [3.63, 3.8) is 0 Å². The van der Waals surface area contributed by atoms with E-state index in [1.807, 2.05) is 0 Å². The first kappa shape index (κ1) is 20.6. The first-order chi connectivity index (χ1) is 12.5. The Morgan fingerprint density at radius 3 is 2.65 bits per heavy atom. The molecule has 0 radical (unpaired) electrons. The van der Waals surface area contributed by atoms with Crippen LogP contribution < -0.4 is 15.4 Å². The van der Waals surface area contributed by atoms with Gasteiger partial charge in [0.05, 0.1) is 7.11 Å². The lowest BCUT2D eigenvalue weighted by Gasteiger charge is -2.35. The predicted octanol–water partition coefficient (Wildman–Crippen LogP) is 2.97. The number of aryl methyl sites for hydroxylation is 1. The number of hydrogen-bond donors (Lipinski definition) is 2. The maximum atomic E-state index is 5.41. The maximum Gasteiger partial charge on any atom is 0.191 e. The summed E-state index contributed by atoms with van der Waals surface area (Å²) in [5.74, 6) is 1.89. The highest BCUT2D eigenvalue weighted by atomic mass is 16.5. The molecule has 0 atom stereocenters. The van der Waals surface area contributed by atoms with Gasteiger partial charge in [-0.2, -0.15) is 0 Å². The quantitative estimate of drug-likeness (QED) is 0.580. The Morgan fingerprint density at radius 2 is 2.04 bits per heavy atom. The van der Waals surface area contributed by atoms with Crippen LogP contribution in [0.3, 0.4) is 0 Å². The molecule has 0 spiro atoms. The molecular formula is C21H36N4O. The van der Waals surface area contributed by atoms with Crippen molar-refractivity contribution in [1.82, 2.24) is 15.5 Å². The number of benzene rings is 1. The molecule has 1 heterocycles. The van der Waals surface area contributed by atoms with E-state index in [9.17, 15) is 0 Å². The lowest BCUT2D eigenvalue weighted by molar-refractivity contribution is 0.167. The van der Waals surface area contributed by atoms with Gasteiger partial charge in [-0.05, 0) is 64.2 Å². The minimum atomic E-state index is 0.516. The van der Waals surface area contributed by atoms with Gasteiger partial charge in [-0.25, -0.2) is 0 Å². The van der Waals surface area contributed by atoms with E-state index in [0.717, 1.165) is 44.3 Å². The van der Waals surface area contributed by atoms with Crippen LogP contribution in [0.5, 0.6) is 5.75 Å². The molecule has 0 unspecified atom stereocenters. The summed E-state index contributed by atoms with van der Waals surface area (Å²) in [6.07, 6.45) is 3.27. The number of methoxy groups -OCH3 is 1.